The van der Waals surface area contributed by atoms with Gasteiger partial charge in [-0.15, -0.1) is 0 Å². The number of carbonyl (C=O) groups excluding carboxylic acids is 2. The molecular weight excluding hydrogens is 699 g/mol. The molecule has 0 heterocycles. The number of ether oxygens (including phenoxy) is 2. The lowest BCUT2D eigenvalue weighted by molar-refractivity contribution is -0.156. The van der Waals surface area contributed by atoms with Crippen LogP contribution in [0.1, 0.15) is 260 Å². The molecule has 0 bridgehead atoms. The van der Waals surface area contributed by atoms with E-state index in [-0.39, 0.29) is 18.0 Å². The first kappa shape index (κ1) is 54.4. The van der Waals surface area contributed by atoms with Gasteiger partial charge in [-0.1, -0.05) is 162 Å². The van der Waals surface area contributed by atoms with Crippen molar-refractivity contribution >= 4 is 17.9 Å². The standard InChI is InChI=1S/C49H95NO6/c1-8-11-14-17-20-29-36-43-55-45(51)39-32-25-21-27-34-41-50(49(6,7)48(4,5)47(53)54)42-35-28-22-26-33-40-46(52)56-44(37-30-23-18-15-12-9-2)38-31-24-19-16-13-10-3/h44H,8-43H2,1-7H3,(H,53,54). The van der Waals surface area contributed by atoms with Crippen molar-refractivity contribution < 1.29 is 29.0 Å². The molecule has 0 saturated heterocycles. The molecule has 0 saturated carbocycles. The lowest BCUT2D eigenvalue weighted by atomic mass is 9.73. The summed E-state index contributed by atoms with van der Waals surface area (Å²) in [6.45, 7) is 16.9. The van der Waals surface area contributed by atoms with Crippen molar-refractivity contribution in [3.05, 3.63) is 0 Å². The third kappa shape index (κ3) is 28.7. The van der Waals surface area contributed by atoms with Crippen molar-refractivity contribution in [2.24, 2.45) is 5.41 Å². The number of nitrogens with zero attached hydrogens (tertiary/aromatic N) is 1. The molecule has 7 heteroatoms. The molecule has 0 fully saturated rings. The number of carbonyl (C=O) groups is 3. The van der Waals surface area contributed by atoms with E-state index in [0.717, 1.165) is 116 Å². The fraction of sp³-hybridized carbons (Fsp3) is 0.939. The topological polar surface area (TPSA) is 93.1 Å². The molecule has 7 nitrogen and oxygen atoms in total. The van der Waals surface area contributed by atoms with Gasteiger partial charge in [0, 0.05) is 18.4 Å². The van der Waals surface area contributed by atoms with Crippen molar-refractivity contribution in [2.75, 3.05) is 19.7 Å². The average molecular weight is 794 g/mol. The largest absolute Gasteiger partial charge is 0.481 e. The van der Waals surface area contributed by atoms with Gasteiger partial charge in [0.2, 0.25) is 0 Å². The maximum absolute atomic E-state index is 12.8. The van der Waals surface area contributed by atoms with Gasteiger partial charge < -0.3 is 14.6 Å². The van der Waals surface area contributed by atoms with E-state index in [0.29, 0.717) is 19.4 Å². The Hall–Kier alpha value is -1.63. The molecule has 1 N–H and O–H groups in total. The summed E-state index contributed by atoms with van der Waals surface area (Å²) in [5.41, 5.74) is -1.38. The zero-order valence-corrected chi connectivity index (χ0v) is 38.5. The Bertz CT molecular complexity index is 918. The Morgan fingerprint density at radius 2 is 0.839 bits per heavy atom. The molecule has 0 aromatic heterocycles. The van der Waals surface area contributed by atoms with Crippen LogP contribution in [0.25, 0.3) is 0 Å². The van der Waals surface area contributed by atoms with Crippen LogP contribution in [0.4, 0.5) is 0 Å². The van der Waals surface area contributed by atoms with E-state index in [1.807, 2.05) is 13.8 Å². The molecule has 0 atom stereocenters. The molecule has 0 aromatic carbocycles. The minimum atomic E-state index is -0.884. The molecule has 0 amide bonds. The number of rotatable bonds is 42. The second kappa shape index (κ2) is 36.4. The predicted molar refractivity (Wildman–Crippen MR) is 237 cm³/mol. The Morgan fingerprint density at radius 1 is 0.482 bits per heavy atom. The van der Waals surface area contributed by atoms with E-state index < -0.39 is 16.9 Å². The van der Waals surface area contributed by atoms with Crippen molar-refractivity contribution in [2.45, 2.75) is 272 Å². The van der Waals surface area contributed by atoms with Crippen LogP contribution in [0.3, 0.4) is 0 Å². The van der Waals surface area contributed by atoms with Gasteiger partial charge in [0.15, 0.2) is 0 Å². The zero-order valence-electron chi connectivity index (χ0n) is 38.5. The van der Waals surface area contributed by atoms with Gasteiger partial charge in [0.1, 0.15) is 6.10 Å². The highest BCUT2D eigenvalue weighted by Gasteiger charge is 2.46. The highest BCUT2D eigenvalue weighted by molar-refractivity contribution is 5.75. The highest BCUT2D eigenvalue weighted by atomic mass is 16.5. The van der Waals surface area contributed by atoms with Gasteiger partial charge in [-0.05, 0) is 98.6 Å². The summed E-state index contributed by atoms with van der Waals surface area (Å²) in [6.07, 6.45) is 36.9. The van der Waals surface area contributed by atoms with Gasteiger partial charge in [-0.2, -0.15) is 0 Å². The summed E-state index contributed by atoms with van der Waals surface area (Å²) >= 11 is 0. The quantitative estimate of drug-likeness (QED) is 0.0486. The van der Waals surface area contributed by atoms with Gasteiger partial charge >= 0.3 is 17.9 Å². The first-order valence-corrected chi connectivity index (χ1v) is 24.3. The first-order chi connectivity index (χ1) is 26.9. The number of esters is 2. The van der Waals surface area contributed by atoms with Gasteiger partial charge in [-0.3, -0.25) is 19.3 Å². The van der Waals surface area contributed by atoms with E-state index in [2.05, 4.69) is 39.5 Å². The van der Waals surface area contributed by atoms with Gasteiger partial charge in [0.25, 0.3) is 0 Å². The minimum Gasteiger partial charge on any atom is -0.481 e. The van der Waals surface area contributed by atoms with Crippen LogP contribution >= 0.6 is 0 Å². The van der Waals surface area contributed by atoms with Crippen LogP contribution < -0.4 is 0 Å². The van der Waals surface area contributed by atoms with Gasteiger partial charge in [0.05, 0.1) is 12.0 Å². The summed E-state index contributed by atoms with van der Waals surface area (Å²) < 4.78 is 11.5. The lowest BCUT2D eigenvalue weighted by Gasteiger charge is -2.47. The number of carboxylic acid groups (broad SMARTS) is 1. The molecule has 332 valence electrons. The number of unbranched alkanes of at least 4 members (excludes halogenated alkanes) is 24. The van der Waals surface area contributed by atoms with E-state index >= 15 is 0 Å². The summed E-state index contributed by atoms with van der Waals surface area (Å²) in [5.74, 6) is -0.847. The van der Waals surface area contributed by atoms with Crippen LogP contribution in [0, 0.1) is 5.41 Å². The molecule has 0 aliphatic heterocycles. The van der Waals surface area contributed by atoms with Crippen LogP contribution in [-0.2, 0) is 23.9 Å². The molecular formula is C49H95NO6. The molecule has 0 aromatic rings. The molecule has 0 unspecified atom stereocenters. The molecule has 0 radical (unpaired) electrons. The Morgan fingerprint density at radius 3 is 1.27 bits per heavy atom. The van der Waals surface area contributed by atoms with E-state index in [9.17, 15) is 19.5 Å². The Balaban J connectivity index is 4.55. The fourth-order valence-corrected chi connectivity index (χ4v) is 7.66. The van der Waals surface area contributed by atoms with E-state index in [1.165, 1.54) is 96.3 Å². The maximum Gasteiger partial charge on any atom is 0.310 e. The molecule has 0 rings (SSSR count). The average Bonchev–Trinajstić information content (AvgIpc) is 3.16. The third-order valence-electron chi connectivity index (χ3n) is 12.5. The molecule has 56 heavy (non-hydrogen) atoms. The minimum absolute atomic E-state index is 0.0190. The molecule has 0 aliphatic rings. The fourth-order valence-electron chi connectivity index (χ4n) is 7.66. The second-order valence-electron chi connectivity index (χ2n) is 18.1. The predicted octanol–water partition coefficient (Wildman–Crippen LogP) is 14.6. The normalized spacial score (nSPS) is 12.2. The van der Waals surface area contributed by atoms with Crippen LogP contribution in [0.15, 0.2) is 0 Å². The maximum atomic E-state index is 12.8. The molecule has 0 spiro atoms. The van der Waals surface area contributed by atoms with Crippen molar-refractivity contribution in [1.29, 1.82) is 0 Å². The summed E-state index contributed by atoms with van der Waals surface area (Å²) in [6, 6.07) is 0. The smallest absolute Gasteiger partial charge is 0.310 e. The highest BCUT2D eigenvalue weighted by Crippen LogP contribution is 2.36. The Labute approximate surface area is 348 Å². The monoisotopic (exact) mass is 794 g/mol. The van der Waals surface area contributed by atoms with Crippen molar-refractivity contribution in [3.63, 3.8) is 0 Å². The number of aliphatic carboxylic acids is 1. The summed E-state index contributed by atoms with van der Waals surface area (Å²) in [5, 5.41) is 10.1. The van der Waals surface area contributed by atoms with E-state index in [4.69, 9.17) is 9.47 Å². The zero-order chi connectivity index (χ0) is 41.8. The van der Waals surface area contributed by atoms with Crippen molar-refractivity contribution in [3.8, 4) is 0 Å². The van der Waals surface area contributed by atoms with Crippen LogP contribution in [0.2, 0.25) is 0 Å². The van der Waals surface area contributed by atoms with E-state index in [1.54, 1.807) is 0 Å². The van der Waals surface area contributed by atoms with Crippen LogP contribution in [-0.4, -0.2) is 59.3 Å². The van der Waals surface area contributed by atoms with Crippen molar-refractivity contribution in [1.82, 2.24) is 4.90 Å². The first-order valence-electron chi connectivity index (χ1n) is 24.3. The van der Waals surface area contributed by atoms with Gasteiger partial charge in [-0.25, -0.2) is 0 Å². The number of hydrogen-bond donors (Lipinski definition) is 1. The Kier molecular flexibility index (Phi) is 35.4. The SMILES string of the molecule is CCCCCCCCCOC(=O)CCCCCCCN(CCCCCCCC(=O)OC(CCCCCCCC)CCCCCCCC)C(C)(C)C(C)(C)C(=O)O. The number of hydrogen-bond acceptors (Lipinski definition) is 6. The third-order valence-corrected chi connectivity index (χ3v) is 12.5. The second-order valence-corrected chi connectivity index (χ2v) is 18.1. The van der Waals surface area contributed by atoms with Crippen LogP contribution in [0.5, 0.6) is 0 Å². The molecule has 0 aliphatic carbocycles. The number of carboxylic acids is 1. The lowest BCUT2D eigenvalue weighted by Crippen LogP contribution is -2.57. The summed E-state index contributed by atoms with van der Waals surface area (Å²) in [7, 11) is 0. The summed E-state index contributed by atoms with van der Waals surface area (Å²) in [4.78, 5) is 39.7.